The maximum Gasteiger partial charge on any atom is 0.263 e. The molecule has 0 bridgehead atoms. The standard InChI is InChI=1S/C18H21N3O2S2/c1-11-7-6-8-15(9-11)20-25(22,23)17-10-16(21(5)13(17)3)18-19-12(2)14(4)24-18/h6-10,20H,1-5H3. The summed E-state index contributed by atoms with van der Waals surface area (Å²) in [5.41, 5.74) is 4.02. The van der Waals surface area contributed by atoms with Crippen molar-refractivity contribution in [3.63, 3.8) is 0 Å². The highest BCUT2D eigenvalue weighted by Crippen LogP contribution is 2.32. The zero-order valence-corrected chi connectivity index (χ0v) is 16.5. The van der Waals surface area contributed by atoms with Crippen LogP contribution in [0.25, 0.3) is 10.7 Å². The van der Waals surface area contributed by atoms with Crippen LogP contribution in [0.1, 0.15) is 21.8 Å². The van der Waals surface area contributed by atoms with Crippen LogP contribution in [0.15, 0.2) is 35.2 Å². The fourth-order valence-electron chi connectivity index (χ4n) is 2.65. The smallest absolute Gasteiger partial charge is 0.263 e. The van der Waals surface area contributed by atoms with Gasteiger partial charge in [-0.25, -0.2) is 13.4 Å². The molecule has 0 unspecified atom stereocenters. The Morgan fingerprint density at radius 2 is 1.84 bits per heavy atom. The molecule has 3 rings (SSSR count). The summed E-state index contributed by atoms with van der Waals surface area (Å²) < 4.78 is 30.3. The number of hydrogen-bond acceptors (Lipinski definition) is 4. The first-order valence-corrected chi connectivity index (χ1v) is 10.2. The molecule has 1 N–H and O–H groups in total. The Labute approximate surface area is 152 Å². The van der Waals surface area contributed by atoms with Gasteiger partial charge in [-0.15, -0.1) is 11.3 Å². The van der Waals surface area contributed by atoms with Crippen LogP contribution in [-0.4, -0.2) is 18.0 Å². The van der Waals surface area contributed by atoms with Gasteiger partial charge >= 0.3 is 0 Å². The molecular formula is C18H21N3O2S2. The second-order valence-electron chi connectivity index (χ2n) is 6.17. The lowest BCUT2D eigenvalue weighted by Crippen LogP contribution is -2.13. The summed E-state index contributed by atoms with van der Waals surface area (Å²) in [6.45, 7) is 7.71. The summed E-state index contributed by atoms with van der Waals surface area (Å²) in [4.78, 5) is 5.97. The minimum Gasteiger partial charge on any atom is -0.345 e. The summed E-state index contributed by atoms with van der Waals surface area (Å²) >= 11 is 1.57. The molecule has 0 fully saturated rings. The number of sulfonamides is 1. The zero-order chi connectivity index (χ0) is 18.4. The lowest BCUT2D eigenvalue weighted by Gasteiger charge is -2.08. The fourth-order valence-corrected chi connectivity index (χ4v) is 4.96. The van der Waals surface area contributed by atoms with Gasteiger partial charge in [-0.1, -0.05) is 12.1 Å². The average Bonchev–Trinajstić information content (AvgIpc) is 3.00. The van der Waals surface area contributed by atoms with Crippen LogP contribution < -0.4 is 4.72 Å². The van der Waals surface area contributed by atoms with E-state index in [0.29, 0.717) is 11.4 Å². The summed E-state index contributed by atoms with van der Waals surface area (Å²) in [5.74, 6) is 0. The van der Waals surface area contributed by atoms with Gasteiger partial charge in [0, 0.05) is 23.3 Å². The normalized spacial score (nSPS) is 11.7. The summed E-state index contributed by atoms with van der Waals surface area (Å²) in [6, 6.07) is 9.02. The third kappa shape index (κ3) is 3.34. The lowest BCUT2D eigenvalue weighted by atomic mass is 10.2. The summed E-state index contributed by atoms with van der Waals surface area (Å²) in [5, 5.41) is 0.831. The van der Waals surface area contributed by atoms with E-state index in [2.05, 4.69) is 9.71 Å². The Hall–Kier alpha value is -2.12. The molecule has 0 spiro atoms. The van der Waals surface area contributed by atoms with E-state index in [1.807, 2.05) is 57.5 Å². The maximum absolute atomic E-state index is 12.9. The summed E-state index contributed by atoms with van der Waals surface area (Å²) in [6.07, 6.45) is 0. The highest BCUT2D eigenvalue weighted by atomic mass is 32.2. The molecule has 0 saturated carbocycles. The van der Waals surface area contributed by atoms with E-state index in [1.54, 1.807) is 23.5 Å². The molecule has 0 saturated heterocycles. The zero-order valence-electron chi connectivity index (χ0n) is 14.9. The number of benzene rings is 1. The van der Waals surface area contributed by atoms with E-state index in [-0.39, 0.29) is 4.90 Å². The Balaban J connectivity index is 2.04. The van der Waals surface area contributed by atoms with Crippen molar-refractivity contribution in [1.29, 1.82) is 0 Å². The van der Waals surface area contributed by atoms with Gasteiger partial charge in [-0.05, 0) is 51.5 Å². The maximum atomic E-state index is 12.9. The van der Waals surface area contributed by atoms with Crippen molar-refractivity contribution in [3.05, 3.63) is 52.2 Å². The Bertz CT molecular complexity index is 1030. The number of aryl methyl sites for hydroxylation is 3. The minimum absolute atomic E-state index is 0.275. The Morgan fingerprint density at radius 3 is 2.44 bits per heavy atom. The molecule has 3 aromatic rings. The van der Waals surface area contributed by atoms with Crippen molar-refractivity contribution in [3.8, 4) is 10.7 Å². The second kappa shape index (κ2) is 6.31. The molecular weight excluding hydrogens is 354 g/mol. The Morgan fingerprint density at radius 1 is 1.12 bits per heavy atom. The quantitative estimate of drug-likeness (QED) is 0.744. The topological polar surface area (TPSA) is 64.0 Å². The SMILES string of the molecule is Cc1cccc(NS(=O)(=O)c2cc(-c3nc(C)c(C)s3)n(C)c2C)c1. The van der Waals surface area contributed by atoms with Crippen molar-refractivity contribution in [2.75, 3.05) is 4.72 Å². The molecule has 0 atom stereocenters. The first kappa shape index (κ1) is 17.7. The van der Waals surface area contributed by atoms with E-state index < -0.39 is 10.0 Å². The molecule has 0 amide bonds. The van der Waals surface area contributed by atoms with Gasteiger partial charge in [0.25, 0.3) is 10.0 Å². The lowest BCUT2D eigenvalue weighted by molar-refractivity contribution is 0.600. The van der Waals surface area contributed by atoms with Gasteiger partial charge in [-0.2, -0.15) is 0 Å². The van der Waals surface area contributed by atoms with E-state index in [9.17, 15) is 8.42 Å². The number of nitrogens with zero attached hydrogens (tertiary/aromatic N) is 2. The molecule has 1 aromatic carbocycles. The van der Waals surface area contributed by atoms with Crippen LogP contribution in [0.5, 0.6) is 0 Å². The van der Waals surface area contributed by atoms with Crippen LogP contribution in [0.2, 0.25) is 0 Å². The van der Waals surface area contributed by atoms with E-state index in [1.165, 1.54) is 0 Å². The van der Waals surface area contributed by atoms with Crippen molar-refractivity contribution in [2.45, 2.75) is 32.6 Å². The minimum atomic E-state index is -3.67. The second-order valence-corrected chi connectivity index (χ2v) is 9.03. The largest absolute Gasteiger partial charge is 0.345 e. The van der Waals surface area contributed by atoms with E-state index >= 15 is 0 Å². The van der Waals surface area contributed by atoms with Gasteiger partial charge < -0.3 is 4.57 Å². The van der Waals surface area contributed by atoms with Crippen LogP contribution in [0.4, 0.5) is 5.69 Å². The number of anilines is 1. The van der Waals surface area contributed by atoms with Crippen LogP contribution in [0.3, 0.4) is 0 Å². The summed E-state index contributed by atoms with van der Waals surface area (Å²) in [7, 11) is -1.80. The molecule has 2 heterocycles. The monoisotopic (exact) mass is 375 g/mol. The molecule has 0 aliphatic rings. The van der Waals surface area contributed by atoms with E-state index in [0.717, 1.165) is 26.8 Å². The van der Waals surface area contributed by atoms with Crippen molar-refractivity contribution in [2.24, 2.45) is 7.05 Å². The van der Waals surface area contributed by atoms with Gasteiger partial charge in [0.1, 0.15) is 9.90 Å². The number of thiazole rings is 1. The van der Waals surface area contributed by atoms with Crippen molar-refractivity contribution < 1.29 is 8.42 Å². The molecule has 0 aliphatic heterocycles. The van der Waals surface area contributed by atoms with Gasteiger partial charge in [-0.3, -0.25) is 4.72 Å². The van der Waals surface area contributed by atoms with Crippen LogP contribution >= 0.6 is 11.3 Å². The van der Waals surface area contributed by atoms with E-state index in [4.69, 9.17) is 0 Å². The molecule has 132 valence electrons. The molecule has 5 nitrogen and oxygen atoms in total. The number of nitrogens with one attached hydrogen (secondary N) is 1. The van der Waals surface area contributed by atoms with Gasteiger partial charge in [0.15, 0.2) is 0 Å². The van der Waals surface area contributed by atoms with Crippen molar-refractivity contribution >= 4 is 27.0 Å². The number of hydrogen-bond donors (Lipinski definition) is 1. The Kier molecular flexibility index (Phi) is 4.47. The predicted octanol–water partition coefficient (Wildman–Crippen LogP) is 4.18. The molecule has 7 heteroatoms. The van der Waals surface area contributed by atoms with Crippen LogP contribution in [0, 0.1) is 27.7 Å². The third-order valence-corrected chi connectivity index (χ3v) is 6.89. The first-order chi connectivity index (χ1) is 11.7. The molecule has 0 aliphatic carbocycles. The van der Waals surface area contributed by atoms with Gasteiger partial charge in [0.05, 0.1) is 11.4 Å². The average molecular weight is 376 g/mol. The number of aromatic nitrogens is 2. The molecule has 0 radical (unpaired) electrons. The third-order valence-electron chi connectivity index (χ3n) is 4.30. The number of rotatable bonds is 4. The predicted molar refractivity (Wildman–Crippen MR) is 103 cm³/mol. The molecule has 25 heavy (non-hydrogen) atoms. The fraction of sp³-hybridized carbons (Fsp3) is 0.278. The first-order valence-electron chi connectivity index (χ1n) is 7.89. The highest BCUT2D eigenvalue weighted by molar-refractivity contribution is 7.92. The molecule has 2 aromatic heterocycles. The van der Waals surface area contributed by atoms with Crippen molar-refractivity contribution in [1.82, 2.24) is 9.55 Å². The van der Waals surface area contributed by atoms with Crippen LogP contribution in [-0.2, 0) is 17.1 Å². The van der Waals surface area contributed by atoms with Gasteiger partial charge in [0.2, 0.25) is 0 Å². The highest BCUT2D eigenvalue weighted by Gasteiger charge is 2.23.